The van der Waals surface area contributed by atoms with E-state index in [-0.39, 0.29) is 0 Å². The highest BCUT2D eigenvalue weighted by atomic mass is 32.1. The summed E-state index contributed by atoms with van der Waals surface area (Å²) in [5.74, 6) is 0. The third-order valence-corrected chi connectivity index (χ3v) is 3.08. The summed E-state index contributed by atoms with van der Waals surface area (Å²) >= 11 is 1.60. The van der Waals surface area contributed by atoms with Crippen molar-refractivity contribution < 1.29 is 9.84 Å². The zero-order chi connectivity index (χ0) is 9.31. The van der Waals surface area contributed by atoms with Gasteiger partial charge < -0.3 is 9.84 Å². The van der Waals surface area contributed by atoms with Crippen molar-refractivity contribution in [2.45, 2.75) is 31.5 Å². The van der Waals surface area contributed by atoms with Gasteiger partial charge in [0.1, 0.15) is 5.01 Å². The molecule has 72 valence electrons. The number of hydrogen-bond donors (Lipinski definition) is 1. The Balaban J connectivity index is 1.97. The fourth-order valence-electron chi connectivity index (χ4n) is 1.28. The van der Waals surface area contributed by atoms with Crippen LogP contribution in [0, 0.1) is 0 Å². The SMILES string of the molecule is COCc1nc(CC2(O)CC2)cs1. The van der Waals surface area contributed by atoms with E-state index in [0.717, 1.165) is 23.5 Å². The van der Waals surface area contributed by atoms with Gasteiger partial charge in [-0.1, -0.05) is 0 Å². The minimum Gasteiger partial charge on any atom is -0.389 e. The Morgan fingerprint density at radius 3 is 3.08 bits per heavy atom. The minimum atomic E-state index is -0.432. The Hall–Kier alpha value is -0.450. The number of ether oxygens (including phenoxy) is 1. The second kappa shape index (κ2) is 3.36. The van der Waals surface area contributed by atoms with Crippen LogP contribution in [-0.4, -0.2) is 22.8 Å². The van der Waals surface area contributed by atoms with E-state index < -0.39 is 5.60 Å². The van der Waals surface area contributed by atoms with Crippen LogP contribution >= 0.6 is 11.3 Å². The average Bonchev–Trinajstić information content (AvgIpc) is 2.61. The average molecular weight is 199 g/mol. The van der Waals surface area contributed by atoms with Crippen molar-refractivity contribution >= 4 is 11.3 Å². The van der Waals surface area contributed by atoms with Gasteiger partial charge in [-0.15, -0.1) is 11.3 Å². The third-order valence-electron chi connectivity index (χ3n) is 2.20. The van der Waals surface area contributed by atoms with Gasteiger partial charge in [-0.05, 0) is 12.8 Å². The molecule has 2 rings (SSSR count). The summed E-state index contributed by atoms with van der Waals surface area (Å²) in [7, 11) is 1.66. The zero-order valence-electron chi connectivity index (χ0n) is 7.62. The standard InChI is InChI=1S/C9H13NO2S/c1-12-5-8-10-7(6-13-8)4-9(11)2-3-9/h6,11H,2-5H2,1H3. The molecule has 0 amide bonds. The summed E-state index contributed by atoms with van der Waals surface area (Å²) in [6.45, 7) is 0.573. The van der Waals surface area contributed by atoms with Crippen molar-refractivity contribution in [1.82, 2.24) is 4.98 Å². The maximum absolute atomic E-state index is 9.65. The number of methoxy groups -OCH3 is 1. The fraction of sp³-hybridized carbons (Fsp3) is 0.667. The molecule has 1 N–H and O–H groups in total. The van der Waals surface area contributed by atoms with E-state index in [0.29, 0.717) is 13.0 Å². The zero-order valence-corrected chi connectivity index (χ0v) is 8.43. The molecule has 0 saturated heterocycles. The highest BCUT2D eigenvalue weighted by molar-refractivity contribution is 7.09. The van der Waals surface area contributed by atoms with E-state index in [4.69, 9.17) is 4.74 Å². The number of nitrogens with zero attached hydrogens (tertiary/aromatic N) is 1. The molecule has 1 fully saturated rings. The summed E-state index contributed by atoms with van der Waals surface area (Å²) in [4.78, 5) is 4.36. The van der Waals surface area contributed by atoms with Crippen LogP contribution in [0.4, 0.5) is 0 Å². The van der Waals surface area contributed by atoms with Gasteiger partial charge >= 0.3 is 0 Å². The number of hydrogen-bond acceptors (Lipinski definition) is 4. The fourth-order valence-corrected chi connectivity index (χ4v) is 2.04. The summed E-state index contributed by atoms with van der Waals surface area (Å²) in [5.41, 5.74) is 0.565. The monoisotopic (exact) mass is 199 g/mol. The van der Waals surface area contributed by atoms with Crippen LogP contribution in [0.5, 0.6) is 0 Å². The van der Waals surface area contributed by atoms with Crippen molar-refractivity contribution in [1.29, 1.82) is 0 Å². The smallest absolute Gasteiger partial charge is 0.119 e. The van der Waals surface area contributed by atoms with Gasteiger partial charge in [0.25, 0.3) is 0 Å². The lowest BCUT2D eigenvalue weighted by Gasteiger charge is -2.02. The van der Waals surface area contributed by atoms with E-state index in [9.17, 15) is 5.11 Å². The summed E-state index contributed by atoms with van der Waals surface area (Å²) < 4.78 is 4.97. The molecule has 1 aromatic rings. The van der Waals surface area contributed by atoms with Crippen molar-refractivity contribution in [3.63, 3.8) is 0 Å². The summed E-state index contributed by atoms with van der Waals surface area (Å²) in [5, 5.41) is 12.6. The Labute approximate surface area is 81.4 Å². The Morgan fingerprint density at radius 2 is 2.46 bits per heavy atom. The predicted octanol–water partition coefficient (Wildman–Crippen LogP) is 1.36. The number of rotatable bonds is 4. The predicted molar refractivity (Wildman–Crippen MR) is 50.7 cm³/mol. The second-order valence-corrected chi connectivity index (χ2v) is 4.51. The molecule has 1 aliphatic carbocycles. The van der Waals surface area contributed by atoms with E-state index in [1.165, 1.54) is 0 Å². The van der Waals surface area contributed by atoms with Crippen LogP contribution in [0.15, 0.2) is 5.38 Å². The van der Waals surface area contributed by atoms with Gasteiger partial charge in [-0.2, -0.15) is 0 Å². The summed E-state index contributed by atoms with van der Waals surface area (Å²) in [6, 6.07) is 0. The molecule has 13 heavy (non-hydrogen) atoms. The molecule has 0 aromatic carbocycles. The highest BCUT2D eigenvalue weighted by Gasteiger charge is 2.40. The largest absolute Gasteiger partial charge is 0.389 e. The van der Waals surface area contributed by atoms with Crippen molar-refractivity contribution in [3.8, 4) is 0 Å². The molecular weight excluding hydrogens is 186 g/mol. The molecule has 0 aliphatic heterocycles. The van der Waals surface area contributed by atoms with Crippen LogP contribution in [0.3, 0.4) is 0 Å². The van der Waals surface area contributed by atoms with Crippen LogP contribution in [-0.2, 0) is 17.8 Å². The first-order chi connectivity index (χ1) is 6.22. The van der Waals surface area contributed by atoms with Crippen molar-refractivity contribution in [2.75, 3.05) is 7.11 Å². The molecule has 1 aliphatic rings. The first kappa shape index (κ1) is 9.12. The molecule has 3 nitrogen and oxygen atoms in total. The lowest BCUT2D eigenvalue weighted by atomic mass is 10.2. The van der Waals surface area contributed by atoms with E-state index >= 15 is 0 Å². The van der Waals surface area contributed by atoms with Crippen LogP contribution in [0.2, 0.25) is 0 Å². The van der Waals surface area contributed by atoms with Crippen LogP contribution < -0.4 is 0 Å². The molecule has 0 atom stereocenters. The topological polar surface area (TPSA) is 42.4 Å². The normalized spacial score (nSPS) is 18.9. The first-order valence-electron chi connectivity index (χ1n) is 4.36. The van der Waals surface area contributed by atoms with Crippen molar-refractivity contribution in [2.24, 2.45) is 0 Å². The van der Waals surface area contributed by atoms with Crippen LogP contribution in [0.25, 0.3) is 0 Å². The second-order valence-electron chi connectivity index (χ2n) is 3.57. The van der Waals surface area contributed by atoms with Gasteiger partial charge in [0.15, 0.2) is 0 Å². The van der Waals surface area contributed by atoms with E-state index in [1.807, 2.05) is 5.38 Å². The lowest BCUT2D eigenvalue weighted by Crippen LogP contribution is -2.10. The van der Waals surface area contributed by atoms with E-state index in [2.05, 4.69) is 4.98 Å². The number of aliphatic hydroxyl groups is 1. The van der Waals surface area contributed by atoms with Crippen molar-refractivity contribution in [3.05, 3.63) is 16.1 Å². The molecule has 0 bridgehead atoms. The molecule has 1 heterocycles. The number of aromatic nitrogens is 1. The Bertz CT molecular complexity index is 294. The van der Waals surface area contributed by atoms with Gasteiger partial charge in [0, 0.05) is 18.9 Å². The van der Waals surface area contributed by atoms with Gasteiger partial charge in [0.2, 0.25) is 0 Å². The molecule has 0 unspecified atom stereocenters. The quantitative estimate of drug-likeness (QED) is 0.796. The summed E-state index contributed by atoms with van der Waals surface area (Å²) in [6.07, 6.45) is 2.54. The molecule has 0 spiro atoms. The molecule has 4 heteroatoms. The van der Waals surface area contributed by atoms with Crippen LogP contribution in [0.1, 0.15) is 23.5 Å². The van der Waals surface area contributed by atoms with Gasteiger partial charge in [0.05, 0.1) is 17.9 Å². The highest BCUT2D eigenvalue weighted by Crippen LogP contribution is 2.38. The number of thiazole rings is 1. The van der Waals surface area contributed by atoms with Gasteiger partial charge in [-0.25, -0.2) is 4.98 Å². The van der Waals surface area contributed by atoms with E-state index in [1.54, 1.807) is 18.4 Å². The Morgan fingerprint density at radius 1 is 1.69 bits per heavy atom. The Kier molecular flexibility index (Phi) is 2.36. The minimum absolute atomic E-state index is 0.432. The molecule has 0 radical (unpaired) electrons. The maximum Gasteiger partial charge on any atom is 0.119 e. The molecular formula is C9H13NO2S. The molecule has 1 saturated carbocycles. The maximum atomic E-state index is 9.65. The first-order valence-corrected chi connectivity index (χ1v) is 5.24. The van der Waals surface area contributed by atoms with Gasteiger partial charge in [-0.3, -0.25) is 0 Å². The third kappa shape index (κ3) is 2.27. The lowest BCUT2D eigenvalue weighted by molar-refractivity contribution is 0.149. The molecule has 1 aromatic heterocycles.